The Bertz CT molecular complexity index is 1060. The SMILES string of the molecule is C#CCC1C(=O)C(C)(C)C(O)CC(=O)OC(C(C)=Cc2csc(C)n2)CC2OC2(C)CCCC(C)C1O. The fourth-order valence-corrected chi connectivity index (χ4v) is 5.77. The number of nitrogens with zero attached hydrogens (tertiary/aromatic N) is 1. The molecule has 7 nitrogen and oxygen atoms in total. The van der Waals surface area contributed by atoms with Crippen LogP contribution in [0.4, 0.5) is 0 Å². The van der Waals surface area contributed by atoms with Crippen molar-refractivity contribution in [1.82, 2.24) is 4.98 Å². The van der Waals surface area contributed by atoms with E-state index < -0.39 is 35.6 Å². The van der Waals surface area contributed by atoms with Gasteiger partial charge in [0.25, 0.3) is 0 Å². The van der Waals surface area contributed by atoms with Crippen LogP contribution in [-0.4, -0.2) is 57.0 Å². The van der Waals surface area contributed by atoms with Gasteiger partial charge in [0.05, 0.1) is 52.4 Å². The molecule has 2 N–H and O–H groups in total. The number of epoxide rings is 1. The lowest BCUT2D eigenvalue weighted by molar-refractivity contribution is -0.154. The summed E-state index contributed by atoms with van der Waals surface area (Å²) in [5.74, 6) is 0.578. The maximum atomic E-state index is 13.5. The Hall–Kier alpha value is -2.05. The number of hydrogen-bond acceptors (Lipinski definition) is 8. The summed E-state index contributed by atoms with van der Waals surface area (Å²) in [4.78, 5) is 31.0. The zero-order valence-electron chi connectivity index (χ0n) is 22.8. The molecule has 0 spiro atoms. The van der Waals surface area contributed by atoms with Crippen LogP contribution in [0.15, 0.2) is 11.0 Å². The number of Topliss-reactive ketones (excluding diaryl/α,β-unsaturated/α-hetero) is 1. The molecule has 0 saturated carbocycles. The van der Waals surface area contributed by atoms with Gasteiger partial charge in [-0.3, -0.25) is 9.59 Å². The number of aliphatic hydroxyl groups excluding tert-OH is 2. The van der Waals surface area contributed by atoms with E-state index in [9.17, 15) is 19.8 Å². The van der Waals surface area contributed by atoms with Gasteiger partial charge in [-0.25, -0.2) is 4.98 Å². The molecule has 2 saturated heterocycles. The second-order valence-electron chi connectivity index (χ2n) is 11.5. The van der Waals surface area contributed by atoms with E-state index in [-0.39, 0.29) is 36.2 Å². The van der Waals surface area contributed by atoms with Gasteiger partial charge >= 0.3 is 5.97 Å². The molecule has 7 atom stereocenters. The molecule has 1 aromatic heterocycles. The summed E-state index contributed by atoms with van der Waals surface area (Å²) in [7, 11) is 0. The van der Waals surface area contributed by atoms with Gasteiger partial charge in [-0.2, -0.15) is 0 Å². The Labute approximate surface area is 224 Å². The van der Waals surface area contributed by atoms with Crippen LogP contribution >= 0.6 is 11.3 Å². The highest BCUT2D eigenvalue weighted by Gasteiger charge is 2.53. The Kier molecular flexibility index (Phi) is 9.39. The minimum atomic E-state index is -1.30. The highest BCUT2D eigenvalue weighted by atomic mass is 32.1. The number of rotatable bonds is 3. The third-order valence-electron chi connectivity index (χ3n) is 8.09. The molecule has 2 aliphatic heterocycles. The summed E-state index contributed by atoms with van der Waals surface area (Å²) < 4.78 is 11.9. The van der Waals surface area contributed by atoms with E-state index in [1.807, 2.05) is 32.2 Å². The fourth-order valence-electron chi connectivity index (χ4n) is 5.20. The van der Waals surface area contributed by atoms with Crippen molar-refractivity contribution in [3.8, 4) is 12.3 Å². The van der Waals surface area contributed by atoms with E-state index in [1.54, 1.807) is 25.2 Å². The predicted molar refractivity (Wildman–Crippen MR) is 144 cm³/mol. The van der Waals surface area contributed by atoms with Gasteiger partial charge in [0.15, 0.2) is 0 Å². The number of carbonyl (C=O) groups excluding carboxylic acids is 2. The summed E-state index contributed by atoms with van der Waals surface area (Å²) >= 11 is 1.55. The first-order valence-corrected chi connectivity index (χ1v) is 14.0. The van der Waals surface area contributed by atoms with Crippen LogP contribution < -0.4 is 0 Å². The Morgan fingerprint density at radius 2 is 2.03 bits per heavy atom. The molecule has 7 unspecified atom stereocenters. The van der Waals surface area contributed by atoms with Crippen LogP contribution in [0.3, 0.4) is 0 Å². The fraction of sp³-hybridized carbons (Fsp3) is 0.690. The van der Waals surface area contributed by atoms with Crippen molar-refractivity contribution < 1.29 is 29.3 Å². The minimum Gasteiger partial charge on any atom is -0.458 e. The molecule has 3 heterocycles. The lowest BCUT2D eigenvalue weighted by Crippen LogP contribution is -2.46. The summed E-state index contributed by atoms with van der Waals surface area (Å²) in [6, 6.07) is 0. The number of cyclic esters (lactones) is 1. The molecule has 0 radical (unpaired) electrons. The number of aryl methyl sites for hydroxylation is 1. The molecule has 2 aliphatic rings. The molecule has 0 aliphatic carbocycles. The normalized spacial score (nSPS) is 35.8. The van der Waals surface area contributed by atoms with Crippen LogP contribution in [0, 0.1) is 36.5 Å². The second kappa shape index (κ2) is 11.8. The first-order valence-electron chi connectivity index (χ1n) is 13.1. The zero-order chi connectivity index (χ0) is 27.5. The highest BCUT2D eigenvalue weighted by molar-refractivity contribution is 7.09. The van der Waals surface area contributed by atoms with Crippen LogP contribution in [0.5, 0.6) is 0 Å². The number of esters is 1. The van der Waals surface area contributed by atoms with Crippen molar-refractivity contribution >= 4 is 29.2 Å². The smallest absolute Gasteiger partial charge is 0.309 e. The maximum Gasteiger partial charge on any atom is 0.309 e. The van der Waals surface area contributed by atoms with E-state index in [4.69, 9.17) is 15.9 Å². The average Bonchev–Trinajstić information content (AvgIpc) is 3.27. The summed E-state index contributed by atoms with van der Waals surface area (Å²) in [6.45, 7) is 11.0. The van der Waals surface area contributed by atoms with Crippen molar-refractivity contribution in [2.45, 2.75) is 110 Å². The Morgan fingerprint density at radius 1 is 1.32 bits per heavy atom. The average molecular weight is 532 g/mol. The largest absolute Gasteiger partial charge is 0.458 e. The van der Waals surface area contributed by atoms with E-state index >= 15 is 0 Å². The van der Waals surface area contributed by atoms with Crippen LogP contribution in [0.25, 0.3) is 6.08 Å². The molecule has 8 heteroatoms. The van der Waals surface area contributed by atoms with Gasteiger partial charge < -0.3 is 19.7 Å². The number of carbonyl (C=O) groups is 2. The van der Waals surface area contributed by atoms with Gasteiger partial charge in [0, 0.05) is 18.2 Å². The molecule has 37 heavy (non-hydrogen) atoms. The molecule has 2 fully saturated rings. The molecular weight excluding hydrogens is 490 g/mol. The summed E-state index contributed by atoms with van der Waals surface area (Å²) in [5.41, 5.74) is 0.0174. The van der Waals surface area contributed by atoms with Gasteiger partial charge in [0.1, 0.15) is 11.9 Å². The van der Waals surface area contributed by atoms with Crippen molar-refractivity contribution in [2.75, 3.05) is 0 Å². The second-order valence-corrected chi connectivity index (χ2v) is 12.6. The lowest BCUT2D eigenvalue weighted by Gasteiger charge is -2.35. The number of ether oxygens (including phenoxy) is 2. The van der Waals surface area contributed by atoms with Crippen molar-refractivity contribution in [1.29, 1.82) is 0 Å². The van der Waals surface area contributed by atoms with Crippen molar-refractivity contribution in [2.24, 2.45) is 17.3 Å². The quantitative estimate of drug-likeness (QED) is 0.336. The van der Waals surface area contributed by atoms with E-state index in [2.05, 4.69) is 17.8 Å². The van der Waals surface area contributed by atoms with E-state index in [1.165, 1.54) is 0 Å². The van der Waals surface area contributed by atoms with Gasteiger partial charge in [-0.1, -0.05) is 27.2 Å². The van der Waals surface area contributed by atoms with Crippen LogP contribution in [-0.2, 0) is 19.1 Å². The molecule has 204 valence electrons. The number of fused-ring (bicyclic) bond motifs is 1. The third kappa shape index (κ3) is 7.08. The predicted octanol–water partition coefficient (Wildman–Crippen LogP) is 4.48. The number of aromatic nitrogens is 1. The molecule has 1 aromatic rings. The topological polar surface area (TPSA) is 109 Å². The number of thiazole rings is 1. The van der Waals surface area contributed by atoms with Gasteiger partial charge in [-0.15, -0.1) is 23.7 Å². The number of terminal acetylenes is 1. The first-order chi connectivity index (χ1) is 17.3. The minimum absolute atomic E-state index is 0.0655. The number of aliphatic hydroxyl groups is 2. The van der Waals surface area contributed by atoms with Gasteiger partial charge in [0.2, 0.25) is 0 Å². The molecule has 0 aromatic carbocycles. The molecule has 0 bridgehead atoms. The molecule has 0 amide bonds. The van der Waals surface area contributed by atoms with E-state index in [0.717, 1.165) is 29.1 Å². The van der Waals surface area contributed by atoms with Gasteiger partial charge in [-0.05, 0) is 51.2 Å². The van der Waals surface area contributed by atoms with Crippen molar-refractivity contribution in [3.05, 3.63) is 21.7 Å². The monoisotopic (exact) mass is 531 g/mol. The third-order valence-corrected chi connectivity index (χ3v) is 8.88. The zero-order valence-corrected chi connectivity index (χ0v) is 23.6. The van der Waals surface area contributed by atoms with Crippen LogP contribution in [0.2, 0.25) is 0 Å². The summed E-state index contributed by atoms with van der Waals surface area (Å²) in [6.07, 6.45) is 7.13. The standard InChI is InChI=1S/C29H41NO6S/c1-8-10-21-26(33)17(2)11-9-12-29(7)24(36-29)14-22(18(3)13-20-16-37-19(4)30-20)35-25(32)15-23(31)28(5,6)27(21)34/h1,13,16-17,21-24,26,31,33H,9-12,14-15H2,2-7H3. The summed E-state index contributed by atoms with van der Waals surface area (Å²) in [5, 5.41) is 24.9. The number of hydrogen-bond donors (Lipinski definition) is 2. The maximum absolute atomic E-state index is 13.5. The lowest BCUT2D eigenvalue weighted by atomic mass is 9.71. The first kappa shape index (κ1) is 29.5. The number of ketones is 1. The molecule has 3 rings (SSSR count). The van der Waals surface area contributed by atoms with E-state index in [0.29, 0.717) is 12.8 Å². The highest BCUT2D eigenvalue weighted by Crippen LogP contribution is 2.45. The molecular formula is C29H41NO6S. The van der Waals surface area contributed by atoms with Crippen molar-refractivity contribution in [3.63, 3.8) is 0 Å². The Balaban J connectivity index is 1.89. The Morgan fingerprint density at radius 3 is 2.65 bits per heavy atom. The van der Waals surface area contributed by atoms with Crippen LogP contribution in [0.1, 0.15) is 83.8 Å².